The molecule has 37 heavy (non-hydrogen) atoms. The van der Waals surface area contributed by atoms with Crippen LogP contribution in [0.3, 0.4) is 0 Å². The Labute approximate surface area is 229 Å². The van der Waals surface area contributed by atoms with Crippen molar-refractivity contribution in [2.75, 3.05) is 13.6 Å². The van der Waals surface area contributed by atoms with E-state index in [1.165, 1.54) is 16.7 Å². The van der Waals surface area contributed by atoms with Crippen molar-refractivity contribution in [3.8, 4) is 17.2 Å². The van der Waals surface area contributed by atoms with Crippen molar-refractivity contribution in [2.45, 2.75) is 26.1 Å². The van der Waals surface area contributed by atoms with E-state index in [2.05, 4.69) is 56.3 Å². The van der Waals surface area contributed by atoms with E-state index in [-0.39, 0.29) is 15.6 Å². The largest absolute Gasteiger partial charge is 1.00 e. The molecule has 6 heteroatoms. The lowest BCUT2D eigenvalue weighted by molar-refractivity contribution is 0.174. The van der Waals surface area contributed by atoms with Crippen LogP contribution < -0.4 is 24.9 Å². The van der Waals surface area contributed by atoms with Crippen LogP contribution in [0.5, 0.6) is 17.2 Å². The number of fused-ring (bicyclic) bond motifs is 2. The first-order chi connectivity index (χ1) is 17.5. The molecule has 0 bridgehead atoms. The SMILES string of the molecule is C.Cc1ccc(C=c2ccc3c(c2)OC[O+]=3)cc1.Cc1ccccc1.ClC(Cl)c1ccc2c(c1)OCO2.[H+]. The van der Waals surface area contributed by atoms with Crippen LogP contribution in [0.1, 0.15) is 35.9 Å². The highest BCUT2D eigenvalue weighted by Crippen LogP contribution is 2.36. The molecule has 2 heterocycles. The lowest BCUT2D eigenvalue weighted by Gasteiger charge is -2.01. The van der Waals surface area contributed by atoms with E-state index >= 15 is 0 Å². The van der Waals surface area contributed by atoms with Gasteiger partial charge < -0.3 is 14.2 Å². The van der Waals surface area contributed by atoms with Gasteiger partial charge in [-0.05, 0) is 60.5 Å². The third-order valence-corrected chi connectivity index (χ3v) is 5.90. The third-order valence-electron chi connectivity index (χ3n) is 5.40. The lowest BCUT2D eigenvalue weighted by atomic mass is 10.1. The molecule has 0 radical (unpaired) electrons. The van der Waals surface area contributed by atoms with Crippen LogP contribution in [0.2, 0.25) is 0 Å². The standard InChI is InChI=1S/C15H13O2.C8H6Cl2O2.C7H8.CH4/c1-11-2-4-12(5-3-11)8-13-6-7-14-15(9-13)17-10-16-14;9-8(10)5-1-2-6-7(3-5)12-4-11-6;1-7-5-3-2-4-6-7;/h2-9H,10H2,1H3;1-3,8H,4H2;2-6H,1H3;1H4/q+1;;;/p+1. The number of halogens is 2. The average Bonchev–Trinajstić information content (AvgIpc) is 3.55. The number of ether oxygens (including phenoxy) is 3. The maximum Gasteiger partial charge on any atom is 1.00 e. The summed E-state index contributed by atoms with van der Waals surface area (Å²) in [7, 11) is 0. The second-order valence-electron chi connectivity index (χ2n) is 8.24. The van der Waals surface area contributed by atoms with Crippen LogP contribution in [-0.4, -0.2) is 13.6 Å². The van der Waals surface area contributed by atoms with Gasteiger partial charge in [-0.1, -0.05) is 79.2 Å². The van der Waals surface area contributed by atoms with E-state index in [1.807, 2.05) is 42.5 Å². The van der Waals surface area contributed by atoms with Gasteiger partial charge in [0.25, 0.3) is 0 Å². The first-order valence-electron chi connectivity index (χ1n) is 11.5. The maximum absolute atomic E-state index is 5.67. The molecule has 6 rings (SSSR count). The van der Waals surface area contributed by atoms with Crippen molar-refractivity contribution in [3.05, 3.63) is 128 Å². The molecule has 0 aliphatic carbocycles. The third kappa shape index (κ3) is 8.28. The fourth-order valence-corrected chi connectivity index (χ4v) is 3.71. The Morgan fingerprint density at radius 3 is 2.14 bits per heavy atom. The lowest BCUT2D eigenvalue weighted by Crippen LogP contribution is -2.07. The van der Waals surface area contributed by atoms with Crippen LogP contribution in [0.4, 0.5) is 0 Å². The van der Waals surface area contributed by atoms with E-state index in [0.29, 0.717) is 12.5 Å². The number of rotatable bonds is 2. The smallest absolute Gasteiger partial charge is 0.454 e. The zero-order valence-electron chi connectivity index (χ0n) is 21.1. The van der Waals surface area contributed by atoms with E-state index in [0.717, 1.165) is 27.7 Å². The predicted molar refractivity (Wildman–Crippen MR) is 154 cm³/mol. The molecule has 0 saturated heterocycles. The van der Waals surface area contributed by atoms with Gasteiger partial charge in [0.05, 0.1) is 0 Å². The summed E-state index contributed by atoms with van der Waals surface area (Å²) in [4.78, 5) is -0.514. The van der Waals surface area contributed by atoms with E-state index in [1.54, 1.807) is 12.1 Å². The predicted octanol–water partition coefficient (Wildman–Crippen LogP) is 7.42. The molecular formula is C31H32Cl2O4+2. The molecule has 0 atom stereocenters. The van der Waals surface area contributed by atoms with Gasteiger partial charge in [0, 0.05) is 6.07 Å². The summed E-state index contributed by atoms with van der Waals surface area (Å²) in [5.74, 6) is 2.28. The second kappa shape index (κ2) is 13.7. The molecule has 4 nitrogen and oxygen atoms in total. The van der Waals surface area contributed by atoms with E-state index < -0.39 is 4.84 Å². The van der Waals surface area contributed by atoms with Crippen molar-refractivity contribution < 1.29 is 15.6 Å². The highest BCUT2D eigenvalue weighted by Gasteiger charge is 2.15. The van der Waals surface area contributed by atoms with Crippen LogP contribution in [0.25, 0.3) is 6.08 Å². The van der Waals surface area contributed by atoms with Gasteiger partial charge in [-0.25, -0.2) is 4.42 Å². The minimum Gasteiger partial charge on any atom is -0.454 e. The van der Waals surface area contributed by atoms with Crippen molar-refractivity contribution >= 4 is 29.3 Å². The number of hydrogen-bond donors (Lipinski definition) is 0. The van der Waals surface area contributed by atoms with Gasteiger partial charge in [-0.2, -0.15) is 0 Å². The topological polar surface area (TPSA) is 39.0 Å². The molecule has 0 spiro atoms. The van der Waals surface area contributed by atoms with Crippen LogP contribution in [0, 0.1) is 13.8 Å². The molecule has 0 N–H and O–H groups in total. The Balaban J connectivity index is 0.000000212. The Morgan fingerprint density at radius 1 is 0.757 bits per heavy atom. The van der Waals surface area contributed by atoms with Gasteiger partial charge in [-0.15, -0.1) is 23.2 Å². The Bertz CT molecular complexity index is 1410. The molecular weight excluding hydrogens is 507 g/mol. The summed E-state index contributed by atoms with van der Waals surface area (Å²) >= 11 is 11.3. The van der Waals surface area contributed by atoms with Gasteiger partial charge in [-0.3, -0.25) is 0 Å². The molecule has 192 valence electrons. The molecule has 0 aromatic heterocycles. The number of aryl methyl sites for hydroxylation is 2. The van der Waals surface area contributed by atoms with Crippen molar-refractivity contribution in [1.82, 2.24) is 0 Å². The second-order valence-corrected chi connectivity index (χ2v) is 9.33. The van der Waals surface area contributed by atoms with Gasteiger partial charge in [0.1, 0.15) is 4.84 Å². The Morgan fingerprint density at radius 2 is 1.46 bits per heavy atom. The Hall–Kier alpha value is -3.47. The highest BCUT2D eigenvalue weighted by molar-refractivity contribution is 6.44. The van der Waals surface area contributed by atoms with E-state index in [9.17, 15) is 0 Å². The normalized spacial score (nSPS) is 12.6. The number of benzene rings is 4. The molecule has 2 aliphatic heterocycles. The number of alkyl halides is 2. The van der Waals surface area contributed by atoms with Gasteiger partial charge >= 0.3 is 13.6 Å². The van der Waals surface area contributed by atoms with Crippen LogP contribution in [-0.2, 0) is 0 Å². The van der Waals surface area contributed by atoms with Crippen molar-refractivity contribution in [1.29, 1.82) is 0 Å². The average molecular weight is 539 g/mol. The van der Waals surface area contributed by atoms with Crippen LogP contribution >= 0.6 is 23.2 Å². The quantitative estimate of drug-likeness (QED) is 0.197. The first kappa shape index (κ1) is 28.1. The van der Waals surface area contributed by atoms with Gasteiger partial charge in [0.2, 0.25) is 12.5 Å². The van der Waals surface area contributed by atoms with Crippen LogP contribution in [0.15, 0.2) is 95.4 Å². The molecule has 0 amide bonds. The minimum absolute atomic E-state index is 0. The van der Waals surface area contributed by atoms with Crippen molar-refractivity contribution in [3.63, 3.8) is 0 Å². The zero-order chi connectivity index (χ0) is 25.3. The summed E-state index contributed by atoms with van der Waals surface area (Å²) in [5.41, 5.74) is 5.43. The highest BCUT2D eigenvalue weighted by atomic mass is 35.5. The summed E-state index contributed by atoms with van der Waals surface area (Å²) < 4.78 is 20.9. The number of hydrogen-bond acceptors (Lipinski definition) is 3. The summed E-state index contributed by atoms with van der Waals surface area (Å²) in [6.07, 6.45) is 2.13. The minimum atomic E-state index is -0.514. The fraction of sp³-hybridized carbons (Fsp3) is 0.194. The molecule has 0 saturated carbocycles. The zero-order valence-corrected chi connectivity index (χ0v) is 21.6. The van der Waals surface area contributed by atoms with Crippen molar-refractivity contribution in [2.24, 2.45) is 0 Å². The molecule has 0 fully saturated rings. The molecule has 2 aliphatic rings. The summed E-state index contributed by atoms with van der Waals surface area (Å²) in [6, 6.07) is 30.1. The molecule has 0 unspecified atom stereocenters. The van der Waals surface area contributed by atoms with E-state index in [4.69, 9.17) is 41.8 Å². The molecule has 4 aromatic rings. The molecule has 4 aromatic carbocycles. The fourth-order valence-electron chi connectivity index (χ4n) is 3.44. The monoisotopic (exact) mass is 538 g/mol. The maximum atomic E-state index is 5.67. The first-order valence-corrected chi connectivity index (χ1v) is 12.4. The summed E-state index contributed by atoms with van der Waals surface area (Å²) in [5, 5.41) is 1.12. The summed E-state index contributed by atoms with van der Waals surface area (Å²) in [6.45, 7) is 4.77. The Kier molecular flexibility index (Phi) is 10.4. The van der Waals surface area contributed by atoms with Gasteiger partial charge in [0.15, 0.2) is 11.5 Å².